The van der Waals surface area contributed by atoms with E-state index in [2.05, 4.69) is 60.8 Å². The molecule has 110 valence electrons. The number of halogens is 1. The number of rotatable bonds is 5. The van der Waals surface area contributed by atoms with Crippen LogP contribution in [0.5, 0.6) is 0 Å². The summed E-state index contributed by atoms with van der Waals surface area (Å²) < 4.78 is 2.15. The van der Waals surface area contributed by atoms with Crippen molar-refractivity contribution in [3.05, 3.63) is 46.9 Å². The summed E-state index contributed by atoms with van der Waals surface area (Å²) in [6.45, 7) is 5.86. The number of aromatic nitrogens is 3. The van der Waals surface area contributed by atoms with Gasteiger partial charge in [0.15, 0.2) is 10.8 Å². The Hall–Kier alpha value is -1.40. The summed E-state index contributed by atoms with van der Waals surface area (Å²) in [5.41, 5.74) is 3.32. The normalized spacial score (nSPS) is 11.2. The summed E-state index contributed by atoms with van der Waals surface area (Å²) in [7, 11) is 0. The molecule has 0 aliphatic heterocycles. The van der Waals surface area contributed by atoms with E-state index in [0.29, 0.717) is 0 Å². The van der Waals surface area contributed by atoms with Gasteiger partial charge < -0.3 is 4.90 Å². The molecule has 0 aliphatic rings. The van der Waals surface area contributed by atoms with E-state index in [-0.39, 0.29) is 0 Å². The van der Waals surface area contributed by atoms with Crippen LogP contribution in [0.4, 0.5) is 5.82 Å². The lowest BCUT2D eigenvalue weighted by atomic mass is 10.3. The Kier molecular flexibility index (Phi) is 4.26. The third kappa shape index (κ3) is 2.82. The van der Waals surface area contributed by atoms with Crippen molar-refractivity contribution in [1.29, 1.82) is 0 Å². The maximum atomic E-state index is 4.78. The van der Waals surface area contributed by atoms with E-state index in [4.69, 9.17) is 4.98 Å². The quantitative estimate of drug-likeness (QED) is 0.641. The predicted molar refractivity (Wildman–Crippen MR) is 91.4 cm³/mol. The Labute approximate surface area is 136 Å². The monoisotopic (exact) mass is 364 g/mol. The molecule has 0 aliphatic carbocycles. The van der Waals surface area contributed by atoms with Gasteiger partial charge in [-0.1, -0.05) is 22.0 Å². The minimum absolute atomic E-state index is 0.781. The molecule has 3 aromatic heterocycles. The van der Waals surface area contributed by atoms with Crippen molar-refractivity contribution in [3.63, 3.8) is 0 Å². The summed E-state index contributed by atoms with van der Waals surface area (Å²) in [5, 5.41) is 2.86. The van der Waals surface area contributed by atoms with Crippen LogP contribution in [0, 0.1) is 6.92 Å². The van der Waals surface area contributed by atoms with Gasteiger partial charge in [-0.15, -0.1) is 11.3 Å². The second-order valence-electron chi connectivity index (χ2n) is 4.86. The van der Waals surface area contributed by atoms with E-state index in [9.17, 15) is 0 Å². The van der Waals surface area contributed by atoms with Gasteiger partial charge in [0.2, 0.25) is 0 Å². The van der Waals surface area contributed by atoms with Crippen LogP contribution in [-0.4, -0.2) is 20.9 Å². The summed E-state index contributed by atoms with van der Waals surface area (Å²) >= 11 is 5.25. The Balaban J connectivity index is 1.96. The number of hydrogen-bond donors (Lipinski definition) is 0. The van der Waals surface area contributed by atoms with Crippen molar-refractivity contribution in [2.24, 2.45) is 0 Å². The molecule has 0 aromatic carbocycles. The first-order valence-corrected chi connectivity index (χ1v) is 8.91. The number of anilines is 1. The Morgan fingerprint density at radius 1 is 1.33 bits per heavy atom. The molecule has 0 atom stereocenters. The van der Waals surface area contributed by atoms with Gasteiger partial charge >= 0.3 is 0 Å². The highest BCUT2D eigenvalue weighted by Gasteiger charge is 2.17. The fourth-order valence-electron chi connectivity index (χ4n) is 2.42. The highest BCUT2D eigenvalue weighted by molar-refractivity contribution is 9.08. The zero-order valence-corrected chi connectivity index (χ0v) is 14.5. The molecule has 21 heavy (non-hydrogen) atoms. The van der Waals surface area contributed by atoms with Gasteiger partial charge in [0.05, 0.1) is 17.9 Å². The molecule has 4 nitrogen and oxygen atoms in total. The van der Waals surface area contributed by atoms with Crippen molar-refractivity contribution in [2.45, 2.75) is 25.7 Å². The van der Waals surface area contributed by atoms with Gasteiger partial charge in [-0.25, -0.2) is 4.98 Å². The molecule has 0 fully saturated rings. The highest BCUT2D eigenvalue weighted by atomic mass is 79.9. The summed E-state index contributed by atoms with van der Waals surface area (Å²) in [4.78, 5) is 12.7. The van der Waals surface area contributed by atoms with E-state index in [1.54, 1.807) is 11.3 Å². The van der Waals surface area contributed by atoms with Gasteiger partial charge in [0, 0.05) is 29.1 Å². The van der Waals surface area contributed by atoms with Crippen molar-refractivity contribution in [2.75, 3.05) is 11.4 Å². The molecule has 0 saturated heterocycles. The molecule has 3 heterocycles. The first-order valence-electron chi connectivity index (χ1n) is 6.90. The SMILES string of the molecule is CCN(Cc1cccc(C)n1)c1nc2sccn2c1CBr. The first kappa shape index (κ1) is 14.5. The van der Waals surface area contributed by atoms with Gasteiger partial charge in [-0.3, -0.25) is 9.38 Å². The van der Waals surface area contributed by atoms with Crippen LogP contribution in [0.25, 0.3) is 4.96 Å². The zero-order valence-electron chi connectivity index (χ0n) is 12.1. The number of pyridine rings is 1. The minimum Gasteiger partial charge on any atom is -0.349 e. The standard InChI is InChI=1S/C15H17BrN4S/c1-3-19(10-12-6-4-5-11(2)17-12)14-13(9-16)20-7-8-21-15(20)18-14/h4-8H,3,9-10H2,1-2H3. The van der Waals surface area contributed by atoms with Gasteiger partial charge in [0.1, 0.15) is 0 Å². The topological polar surface area (TPSA) is 33.4 Å². The lowest BCUT2D eigenvalue weighted by Gasteiger charge is -2.21. The molecule has 3 rings (SSSR count). The van der Waals surface area contributed by atoms with E-state index >= 15 is 0 Å². The van der Waals surface area contributed by atoms with E-state index < -0.39 is 0 Å². The van der Waals surface area contributed by atoms with Gasteiger partial charge in [0.25, 0.3) is 0 Å². The zero-order chi connectivity index (χ0) is 14.8. The molecule has 0 N–H and O–H groups in total. The number of alkyl halides is 1. The highest BCUT2D eigenvalue weighted by Crippen LogP contribution is 2.27. The van der Waals surface area contributed by atoms with Crippen molar-refractivity contribution < 1.29 is 0 Å². The first-order chi connectivity index (χ1) is 10.2. The smallest absolute Gasteiger partial charge is 0.195 e. The summed E-state index contributed by atoms with van der Waals surface area (Å²) in [5.74, 6) is 1.05. The van der Waals surface area contributed by atoms with E-state index in [1.807, 2.05) is 13.0 Å². The predicted octanol–water partition coefficient (Wildman–Crippen LogP) is 4.02. The number of aryl methyl sites for hydroxylation is 1. The van der Waals surface area contributed by atoms with E-state index in [0.717, 1.165) is 40.6 Å². The lowest BCUT2D eigenvalue weighted by molar-refractivity contribution is 0.789. The summed E-state index contributed by atoms with van der Waals surface area (Å²) in [6.07, 6.45) is 2.08. The Morgan fingerprint density at radius 2 is 2.19 bits per heavy atom. The number of hydrogen-bond acceptors (Lipinski definition) is 4. The van der Waals surface area contributed by atoms with Crippen LogP contribution in [0.15, 0.2) is 29.8 Å². The number of imidazole rings is 1. The minimum atomic E-state index is 0.781. The van der Waals surface area contributed by atoms with Crippen LogP contribution in [0.1, 0.15) is 24.0 Å². The van der Waals surface area contributed by atoms with Gasteiger partial charge in [-0.2, -0.15) is 0 Å². The second-order valence-corrected chi connectivity index (χ2v) is 6.29. The maximum absolute atomic E-state index is 4.78. The largest absolute Gasteiger partial charge is 0.349 e. The van der Waals surface area contributed by atoms with Crippen molar-refractivity contribution in [1.82, 2.24) is 14.4 Å². The maximum Gasteiger partial charge on any atom is 0.195 e. The Bertz CT molecular complexity index is 749. The number of fused-ring (bicyclic) bond motifs is 1. The number of thiazole rings is 1. The van der Waals surface area contributed by atoms with Crippen LogP contribution in [0.2, 0.25) is 0 Å². The van der Waals surface area contributed by atoms with Gasteiger partial charge in [-0.05, 0) is 26.0 Å². The van der Waals surface area contributed by atoms with Crippen LogP contribution in [0.3, 0.4) is 0 Å². The average molecular weight is 365 g/mol. The third-order valence-electron chi connectivity index (χ3n) is 3.45. The van der Waals surface area contributed by atoms with E-state index in [1.165, 1.54) is 5.69 Å². The lowest BCUT2D eigenvalue weighted by Crippen LogP contribution is -2.24. The van der Waals surface area contributed by atoms with Crippen LogP contribution in [-0.2, 0) is 11.9 Å². The molecular weight excluding hydrogens is 348 g/mol. The molecular formula is C15H17BrN4S. The fourth-order valence-corrected chi connectivity index (χ4v) is 3.67. The molecule has 0 unspecified atom stereocenters. The third-order valence-corrected chi connectivity index (χ3v) is 4.73. The Morgan fingerprint density at radius 3 is 2.90 bits per heavy atom. The second kappa shape index (κ2) is 6.15. The molecule has 3 aromatic rings. The summed E-state index contributed by atoms with van der Waals surface area (Å²) in [6, 6.07) is 6.15. The molecule has 0 spiro atoms. The molecule has 0 radical (unpaired) electrons. The van der Waals surface area contributed by atoms with Crippen molar-refractivity contribution >= 4 is 38.0 Å². The van der Waals surface area contributed by atoms with Crippen molar-refractivity contribution in [3.8, 4) is 0 Å². The molecule has 0 amide bonds. The molecule has 0 saturated carbocycles. The van der Waals surface area contributed by atoms with Crippen LogP contribution >= 0.6 is 27.3 Å². The van der Waals surface area contributed by atoms with Crippen LogP contribution < -0.4 is 4.90 Å². The molecule has 0 bridgehead atoms. The molecule has 6 heteroatoms. The average Bonchev–Trinajstić information content (AvgIpc) is 3.05. The number of nitrogens with zero attached hydrogens (tertiary/aromatic N) is 4. The fraction of sp³-hybridized carbons (Fsp3) is 0.333.